The minimum atomic E-state index is -0.225. The van der Waals surface area contributed by atoms with Gasteiger partial charge in [0.15, 0.2) is 0 Å². The number of anilines is 1. The molecule has 0 saturated carbocycles. The summed E-state index contributed by atoms with van der Waals surface area (Å²) < 4.78 is 1.31. The van der Waals surface area contributed by atoms with Gasteiger partial charge in [-0.3, -0.25) is 9.59 Å². The van der Waals surface area contributed by atoms with Crippen molar-refractivity contribution in [1.82, 2.24) is 9.88 Å². The number of carbonyl (C=O) groups is 1. The molecule has 0 aliphatic heterocycles. The van der Waals surface area contributed by atoms with Crippen molar-refractivity contribution in [1.29, 1.82) is 0 Å². The molecule has 17 heavy (non-hydrogen) atoms. The largest absolute Gasteiger partial charge is 0.398 e. The average molecular weight is 237 g/mol. The number of rotatable bonds is 5. The van der Waals surface area contributed by atoms with Crippen LogP contribution >= 0.6 is 0 Å². The van der Waals surface area contributed by atoms with Crippen LogP contribution in [0.3, 0.4) is 0 Å². The second-order valence-corrected chi connectivity index (χ2v) is 4.19. The van der Waals surface area contributed by atoms with Gasteiger partial charge in [0.1, 0.15) is 6.54 Å². The lowest BCUT2D eigenvalue weighted by atomic mass is 10.2. The predicted molar refractivity (Wildman–Crippen MR) is 67.6 cm³/mol. The van der Waals surface area contributed by atoms with Gasteiger partial charge in [-0.2, -0.15) is 0 Å². The number of nitrogens with one attached hydrogen (secondary N) is 1. The van der Waals surface area contributed by atoms with Gasteiger partial charge in [0.25, 0.3) is 5.56 Å². The smallest absolute Gasteiger partial charge is 0.251 e. The second kappa shape index (κ2) is 6.08. The standard InChI is InChI=1S/C12H19N3O2/c1-3-4-9(2)14-11(16)8-15-7-10(13)5-6-12(15)17/h5-7,9H,3-4,8,13H2,1-2H3,(H,14,16). The SMILES string of the molecule is CCCC(C)NC(=O)Cn1cc(N)ccc1=O. The molecular formula is C12H19N3O2. The van der Waals surface area contributed by atoms with Crippen molar-refractivity contribution in [3.63, 3.8) is 0 Å². The molecule has 0 spiro atoms. The Morgan fingerprint density at radius 3 is 2.88 bits per heavy atom. The van der Waals surface area contributed by atoms with Crippen LogP contribution in [0.25, 0.3) is 0 Å². The number of aromatic nitrogens is 1. The van der Waals surface area contributed by atoms with Crippen LogP contribution in [0, 0.1) is 0 Å². The van der Waals surface area contributed by atoms with E-state index < -0.39 is 0 Å². The van der Waals surface area contributed by atoms with Crippen LogP contribution in [-0.2, 0) is 11.3 Å². The summed E-state index contributed by atoms with van der Waals surface area (Å²) in [6, 6.07) is 3.01. The average Bonchev–Trinajstić information content (AvgIpc) is 2.23. The highest BCUT2D eigenvalue weighted by atomic mass is 16.2. The molecule has 0 aromatic carbocycles. The van der Waals surface area contributed by atoms with E-state index in [0.717, 1.165) is 12.8 Å². The van der Waals surface area contributed by atoms with Gasteiger partial charge in [-0.05, 0) is 19.4 Å². The number of hydrogen-bond donors (Lipinski definition) is 2. The van der Waals surface area contributed by atoms with Crippen molar-refractivity contribution in [2.75, 3.05) is 5.73 Å². The van der Waals surface area contributed by atoms with Gasteiger partial charge in [-0.15, -0.1) is 0 Å². The van der Waals surface area contributed by atoms with E-state index in [2.05, 4.69) is 12.2 Å². The number of nitrogen functional groups attached to an aromatic ring is 1. The Bertz CT molecular complexity index is 440. The molecule has 1 aromatic rings. The van der Waals surface area contributed by atoms with Gasteiger partial charge in [0, 0.05) is 24.0 Å². The summed E-state index contributed by atoms with van der Waals surface area (Å²) in [5.74, 6) is -0.168. The van der Waals surface area contributed by atoms with Gasteiger partial charge >= 0.3 is 0 Å². The van der Waals surface area contributed by atoms with Crippen LogP contribution < -0.4 is 16.6 Å². The normalized spacial score (nSPS) is 12.1. The Labute approximate surface area is 101 Å². The third-order valence-corrected chi connectivity index (χ3v) is 2.45. The Balaban J connectivity index is 2.62. The lowest BCUT2D eigenvalue weighted by Crippen LogP contribution is -2.37. The first kappa shape index (κ1) is 13.3. The monoisotopic (exact) mass is 237 g/mol. The molecule has 1 aromatic heterocycles. The van der Waals surface area contributed by atoms with Crippen LogP contribution in [0.2, 0.25) is 0 Å². The van der Waals surface area contributed by atoms with Crippen molar-refractivity contribution in [2.45, 2.75) is 39.3 Å². The van der Waals surface area contributed by atoms with Gasteiger partial charge < -0.3 is 15.6 Å². The fourth-order valence-corrected chi connectivity index (χ4v) is 1.65. The van der Waals surface area contributed by atoms with E-state index in [0.29, 0.717) is 5.69 Å². The molecule has 0 bridgehead atoms. The molecule has 0 radical (unpaired) electrons. The molecule has 5 nitrogen and oxygen atoms in total. The number of amides is 1. The Kier molecular flexibility index (Phi) is 4.75. The van der Waals surface area contributed by atoms with Crippen LogP contribution in [0.1, 0.15) is 26.7 Å². The van der Waals surface area contributed by atoms with Crippen molar-refractivity contribution < 1.29 is 4.79 Å². The molecule has 0 saturated heterocycles. The second-order valence-electron chi connectivity index (χ2n) is 4.19. The molecule has 3 N–H and O–H groups in total. The Morgan fingerprint density at radius 2 is 2.24 bits per heavy atom. The quantitative estimate of drug-likeness (QED) is 0.792. The van der Waals surface area contributed by atoms with Crippen LogP contribution in [-0.4, -0.2) is 16.5 Å². The third-order valence-electron chi connectivity index (χ3n) is 2.45. The molecule has 0 fully saturated rings. The first-order valence-electron chi connectivity index (χ1n) is 5.78. The zero-order chi connectivity index (χ0) is 12.8. The van der Waals surface area contributed by atoms with Crippen LogP contribution in [0.4, 0.5) is 5.69 Å². The maximum atomic E-state index is 11.6. The lowest BCUT2D eigenvalue weighted by molar-refractivity contribution is -0.122. The highest BCUT2D eigenvalue weighted by Gasteiger charge is 2.08. The summed E-state index contributed by atoms with van der Waals surface area (Å²) in [6.45, 7) is 4.02. The van der Waals surface area contributed by atoms with E-state index in [1.165, 1.54) is 22.9 Å². The minimum absolute atomic E-state index is 0.0118. The summed E-state index contributed by atoms with van der Waals surface area (Å²) in [5, 5.41) is 2.84. The van der Waals surface area contributed by atoms with Crippen molar-refractivity contribution in [2.24, 2.45) is 0 Å². The molecule has 0 aliphatic carbocycles. The van der Waals surface area contributed by atoms with E-state index in [4.69, 9.17) is 5.73 Å². The van der Waals surface area contributed by atoms with E-state index >= 15 is 0 Å². The number of hydrogen-bond acceptors (Lipinski definition) is 3. The Hall–Kier alpha value is -1.78. The number of nitrogens with two attached hydrogens (primary N) is 1. The number of carbonyl (C=O) groups excluding carboxylic acids is 1. The van der Waals surface area contributed by atoms with Gasteiger partial charge in [-0.1, -0.05) is 13.3 Å². The Morgan fingerprint density at radius 1 is 1.53 bits per heavy atom. The fourth-order valence-electron chi connectivity index (χ4n) is 1.65. The summed E-state index contributed by atoms with van der Waals surface area (Å²) in [7, 11) is 0. The van der Waals surface area contributed by atoms with E-state index in [1.807, 2.05) is 6.92 Å². The molecular weight excluding hydrogens is 218 g/mol. The van der Waals surface area contributed by atoms with Crippen LogP contribution in [0.15, 0.2) is 23.1 Å². The van der Waals surface area contributed by atoms with Crippen LogP contribution in [0.5, 0.6) is 0 Å². The summed E-state index contributed by atoms with van der Waals surface area (Å²) >= 11 is 0. The van der Waals surface area contributed by atoms with Crippen molar-refractivity contribution >= 4 is 11.6 Å². The highest BCUT2D eigenvalue weighted by Crippen LogP contribution is 1.97. The molecule has 94 valence electrons. The lowest BCUT2D eigenvalue weighted by Gasteiger charge is -2.13. The minimum Gasteiger partial charge on any atom is -0.398 e. The van der Waals surface area contributed by atoms with Crippen molar-refractivity contribution in [3.8, 4) is 0 Å². The zero-order valence-electron chi connectivity index (χ0n) is 10.3. The molecule has 1 rings (SSSR count). The maximum absolute atomic E-state index is 11.6. The fraction of sp³-hybridized carbons (Fsp3) is 0.500. The first-order chi connectivity index (χ1) is 8.02. The van der Waals surface area contributed by atoms with Gasteiger partial charge in [0.2, 0.25) is 5.91 Å². The predicted octanol–water partition coefficient (Wildman–Crippen LogP) is 0.735. The third kappa shape index (κ3) is 4.30. The van der Waals surface area contributed by atoms with E-state index in [9.17, 15) is 9.59 Å². The molecule has 1 unspecified atom stereocenters. The van der Waals surface area contributed by atoms with Gasteiger partial charge in [0.05, 0.1) is 0 Å². The summed E-state index contributed by atoms with van der Waals surface area (Å²) in [6.07, 6.45) is 3.42. The maximum Gasteiger partial charge on any atom is 0.251 e. The van der Waals surface area contributed by atoms with Gasteiger partial charge in [-0.25, -0.2) is 0 Å². The van der Waals surface area contributed by atoms with E-state index in [1.54, 1.807) is 0 Å². The topological polar surface area (TPSA) is 77.1 Å². The number of nitrogens with zero attached hydrogens (tertiary/aromatic N) is 1. The molecule has 5 heteroatoms. The zero-order valence-corrected chi connectivity index (χ0v) is 10.3. The van der Waals surface area contributed by atoms with Crippen molar-refractivity contribution in [3.05, 3.63) is 28.7 Å². The number of pyridine rings is 1. The highest BCUT2D eigenvalue weighted by molar-refractivity contribution is 5.76. The molecule has 1 amide bonds. The molecule has 1 heterocycles. The molecule has 1 atom stereocenters. The van der Waals surface area contributed by atoms with E-state index in [-0.39, 0.29) is 24.1 Å². The molecule has 0 aliphatic rings. The summed E-state index contributed by atoms with van der Waals surface area (Å²) in [4.78, 5) is 23.1. The first-order valence-corrected chi connectivity index (χ1v) is 5.78. The summed E-state index contributed by atoms with van der Waals surface area (Å²) in [5.41, 5.74) is 5.81.